The van der Waals surface area contributed by atoms with E-state index in [1.54, 1.807) is 12.1 Å². The van der Waals surface area contributed by atoms with Crippen LogP contribution in [0.3, 0.4) is 0 Å². The molecule has 0 saturated carbocycles. The average molecular weight is 387 g/mol. The van der Waals surface area contributed by atoms with Crippen molar-refractivity contribution >= 4 is 5.69 Å². The summed E-state index contributed by atoms with van der Waals surface area (Å²) < 4.78 is 12.0. The van der Waals surface area contributed by atoms with Gasteiger partial charge < -0.3 is 19.5 Å². The van der Waals surface area contributed by atoms with Crippen molar-refractivity contribution in [1.29, 1.82) is 0 Å². The molecule has 0 radical (unpaired) electrons. The van der Waals surface area contributed by atoms with E-state index in [2.05, 4.69) is 54.3 Å². The lowest BCUT2D eigenvalue weighted by atomic mass is 9.75. The summed E-state index contributed by atoms with van der Waals surface area (Å²) in [4.78, 5) is 2.37. The molecular formula is C25H25NO3. The number of nitrogens with zero attached hydrogens (tertiary/aromatic N) is 1. The van der Waals surface area contributed by atoms with E-state index in [4.69, 9.17) is 9.47 Å². The zero-order valence-corrected chi connectivity index (χ0v) is 16.5. The largest absolute Gasteiger partial charge is 0.508 e. The number of anilines is 1. The first kappa shape index (κ1) is 17.9. The third kappa shape index (κ3) is 3.19. The molecule has 4 heteroatoms. The molecule has 3 aromatic carbocycles. The van der Waals surface area contributed by atoms with Gasteiger partial charge in [-0.3, -0.25) is 0 Å². The Morgan fingerprint density at radius 1 is 0.931 bits per heavy atom. The van der Waals surface area contributed by atoms with Crippen LogP contribution in [0.1, 0.15) is 35.4 Å². The van der Waals surface area contributed by atoms with Gasteiger partial charge in [0, 0.05) is 30.0 Å². The van der Waals surface area contributed by atoms with Gasteiger partial charge in [-0.25, -0.2) is 0 Å². The maximum absolute atomic E-state index is 9.95. The second-order valence-corrected chi connectivity index (χ2v) is 7.68. The molecule has 148 valence electrons. The fourth-order valence-corrected chi connectivity index (χ4v) is 4.61. The SMILES string of the molecule is CCN1CCOc2ccc(C3c4ccc(O)cc4OCC3c3ccccc3)cc21. The molecule has 5 rings (SSSR count). The van der Waals surface area contributed by atoms with Crippen LogP contribution in [0.15, 0.2) is 66.7 Å². The summed E-state index contributed by atoms with van der Waals surface area (Å²) in [5.41, 5.74) is 4.78. The number of benzene rings is 3. The molecule has 0 spiro atoms. The van der Waals surface area contributed by atoms with Crippen LogP contribution in [0, 0.1) is 0 Å². The molecule has 0 saturated heterocycles. The molecular weight excluding hydrogens is 362 g/mol. The number of hydrogen-bond donors (Lipinski definition) is 1. The molecule has 2 heterocycles. The molecule has 2 aliphatic rings. The third-order valence-corrected chi connectivity index (χ3v) is 6.06. The molecule has 2 unspecified atom stereocenters. The minimum atomic E-state index is 0.146. The van der Waals surface area contributed by atoms with Crippen molar-refractivity contribution in [3.05, 3.63) is 83.4 Å². The molecule has 0 fully saturated rings. The Labute approximate surface area is 171 Å². The number of phenols is 1. The predicted octanol–water partition coefficient (Wildman–Crippen LogP) is 4.92. The van der Waals surface area contributed by atoms with Gasteiger partial charge in [-0.2, -0.15) is 0 Å². The Morgan fingerprint density at radius 3 is 2.62 bits per heavy atom. The highest BCUT2D eigenvalue weighted by atomic mass is 16.5. The summed E-state index contributed by atoms with van der Waals surface area (Å²) in [5, 5.41) is 9.95. The fourth-order valence-electron chi connectivity index (χ4n) is 4.61. The van der Waals surface area contributed by atoms with Gasteiger partial charge in [0.25, 0.3) is 0 Å². The van der Waals surface area contributed by atoms with Gasteiger partial charge in [-0.05, 0) is 36.2 Å². The number of hydrogen-bond acceptors (Lipinski definition) is 4. The minimum Gasteiger partial charge on any atom is -0.508 e. The second-order valence-electron chi connectivity index (χ2n) is 7.68. The van der Waals surface area contributed by atoms with E-state index in [0.29, 0.717) is 6.61 Å². The smallest absolute Gasteiger partial charge is 0.142 e. The van der Waals surface area contributed by atoms with Crippen molar-refractivity contribution in [3.63, 3.8) is 0 Å². The van der Waals surface area contributed by atoms with Crippen LogP contribution in [0.5, 0.6) is 17.2 Å². The Balaban J connectivity index is 1.65. The highest BCUT2D eigenvalue weighted by molar-refractivity contribution is 5.63. The van der Waals surface area contributed by atoms with Crippen molar-refractivity contribution in [3.8, 4) is 17.2 Å². The Bertz CT molecular complexity index is 1020. The molecule has 4 nitrogen and oxygen atoms in total. The number of ether oxygens (including phenoxy) is 2. The highest BCUT2D eigenvalue weighted by Crippen LogP contribution is 2.48. The maximum atomic E-state index is 9.95. The van der Waals surface area contributed by atoms with Crippen molar-refractivity contribution in [1.82, 2.24) is 0 Å². The molecule has 0 aliphatic carbocycles. The topological polar surface area (TPSA) is 41.9 Å². The molecule has 2 atom stereocenters. The lowest BCUT2D eigenvalue weighted by Gasteiger charge is -2.36. The van der Waals surface area contributed by atoms with Gasteiger partial charge >= 0.3 is 0 Å². The van der Waals surface area contributed by atoms with Gasteiger partial charge in [0.05, 0.1) is 18.8 Å². The summed E-state index contributed by atoms with van der Waals surface area (Å²) >= 11 is 0. The monoisotopic (exact) mass is 387 g/mol. The van der Waals surface area contributed by atoms with Crippen LogP contribution in [0.2, 0.25) is 0 Å². The maximum Gasteiger partial charge on any atom is 0.142 e. The predicted molar refractivity (Wildman–Crippen MR) is 114 cm³/mol. The second kappa shape index (κ2) is 7.36. The molecule has 3 aromatic rings. The van der Waals surface area contributed by atoms with Crippen molar-refractivity contribution in [2.75, 3.05) is 31.2 Å². The van der Waals surface area contributed by atoms with E-state index in [0.717, 1.165) is 42.4 Å². The molecule has 0 amide bonds. The summed E-state index contributed by atoms with van der Waals surface area (Å²) in [6.07, 6.45) is 0. The third-order valence-electron chi connectivity index (χ3n) is 6.06. The number of likely N-dealkylation sites (N-methyl/N-ethyl adjacent to an activating group) is 1. The van der Waals surface area contributed by atoms with Gasteiger partial charge in [0.15, 0.2) is 0 Å². The van der Waals surface area contributed by atoms with Crippen LogP contribution in [0.25, 0.3) is 0 Å². The van der Waals surface area contributed by atoms with E-state index in [-0.39, 0.29) is 17.6 Å². The highest BCUT2D eigenvalue weighted by Gasteiger charge is 2.34. The first-order valence-electron chi connectivity index (χ1n) is 10.3. The van der Waals surface area contributed by atoms with Crippen LogP contribution in [-0.4, -0.2) is 31.4 Å². The summed E-state index contributed by atoms with van der Waals surface area (Å²) in [5.74, 6) is 2.30. The first-order valence-corrected chi connectivity index (χ1v) is 10.3. The standard InChI is InChI=1S/C25H25NO3/c1-2-26-12-13-28-23-11-8-18(14-22(23)26)25-20-10-9-19(27)15-24(20)29-16-21(25)17-6-4-3-5-7-17/h3-11,14-15,21,25,27H,2,12-13,16H2,1H3. The quantitative estimate of drug-likeness (QED) is 0.693. The van der Waals surface area contributed by atoms with Gasteiger partial charge in [0.1, 0.15) is 23.9 Å². The Morgan fingerprint density at radius 2 is 1.79 bits per heavy atom. The van der Waals surface area contributed by atoms with Gasteiger partial charge in [-0.15, -0.1) is 0 Å². The zero-order chi connectivity index (χ0) is 19.8. The van der Waals surface area contributed by atoms with Crippen LogP contribution in [0.4, 0.5) is 5.69 Å². The average Bonchev–Trinajstić information content (AvgIpc) is 2.78. The number of fused-ring (bicyclic) bond motifs is 2. The van der Waals surface area contributed by atoms with Crippen LogP contribution in [-0.2, 0) is 0 Å². The molecule has 2 aliphatic heterocycles. The number of aromatic hydroxyl groups is 1. The molecule has 1 N–H and O–H groups in total. The lowest BCUT2D eigenvalue weighted by molar-refractivity contribution is 0.247. The lowest BCUT2D eigenvalue weighted by Crippen LogP contribution is -2.32. The molecule has 0 bridgehead atoms. The van der Waals surface area contributed by atoms with E-state index in [9.17, 15) is 5.11 Å². The van der Waals surface area contributed by atoms with Crippen molar-refractivity contribution in [2.45, 2.75) is 18.8 Å². The van der Waals surface area contributed by atoms with Crippen molar-refractivity contribution < 1.29 is 14.6 Å². The normalized spacial score (nSPS) is 20.2. The minimum absolute atomic E-state index is 0.146. The van der Waals surface area contributed by atoms with Crippen molar-refractivity contribution in [2.24, 2.45) is 0 Å². The number of rotatable bonds is 3. The van der Waals surface area contributed by atoms with E-state index >= 15 is 0 Å². The van der Waals surface area contributed by atoms with E-state index in [1.165, 1.54) is 11.1 Å². The summed E-state index contributed by atoms with van der Waals surface area (Å²) in [6, 6.07) is 22.6. The molecule has 29 heavy (non-hydrogen) atoms. The van der Waals surface area contributed by atoms with E-state index in [1.807, 2.05) is 12.1 Å². The fraction of sp³-hybridized carbons (Fsp3) is 0.280. The van der Waals surface area contributed by atoms with Gasteiger partial charge in [0.2, 0.25) is 0 Å². The Kier molecular flexibility index (Phi) is 4.55. The number of phenolic OH excluding ortho intramolecular Hbond substituents is 1. The van der Waals surface area contributed by atoms with Gasteiger partial charge in [-0.1, -0.05) is 42.5 Å². The van der Waals surface area contributed by atoms with Crippen LogP contribution < -0.4 is 14.4 Å². The zero-order valence-electron chi connectivity index (χ0n) is 16.5. The first-order chi connectivity index (χ1) is 14.2. The van der Waals surface area contributed by atoms with Crippen LogP contribution >= 0.6 is 0 Å². The summed E-state index contributed by atoms with van der Waals surface area (Å²) in [7, 11) is 0. The van der Waals surface area contributed by atoms with E-state index < -0.39 is 0 Å². The summed E-state index contributed by atoms with van der Waals surface area (Å²) in [6.45, 7) is 5.36. The molecule has 0 aromatic heterocycles. The Hall–Kier alpha value is -3.14.